The first kappa shape index (κ1) is 24.3. The average Bonchev–Trinajstić information content (AvgIpc) is 3.12. The highest BCUT2D eigenvalue weighted by atomic mass is 35.5. The SMILES string of the molecule is CC(CC(=O)N1CCC(c2nc3cc(Cl)ccc3o2)CC1)C1CCNCC1.Cl.Cl. The topological polar surface area (TPSA) is 58.4 Å². The molecule has 0 spiro atoms. The first-order valence-corrected chi connectivity index (χ1v) is 10.5. The van der Waals surface area contributed by atoms with Crippen LogP contribution in [0.25, 0.3) is 11.1 Å². The number of likely N-dealkylation sites (tertiary alicyclic amines) is 1. The summed E-state index contributed by atoms with van der Waals surface area (Å²) in [5.74, 6) is 2.52. The van der Waals surface area contributed by atoms with Crippen LogP contribution in [0.2, 0.25) is 5.02 Å². The Hall–Kier alpha value is -1.01. The lowest BCUT2D eigenvalue weighted by molar-refractivity contribution is -0.133. The average molecular weight is 463 g/mol. The molecule has 0 bridgehead atoms. The smallest absolute Gasteiger partial charge is 0.222 e. The standard InChI is InChI=1S/C21H28ClN3O2.2ClH/c1-14(15-4-8-23-9-5-15)12-20(26)25-10-6-16(7-11-25)21-24-18-13-17(22)2-3-19(18)27-21;;/h2-3,13-16,23H,4-12H2,1H3;2*1H. The number of fused-ring (bicyclic) bond motifs is 1. The van der Waals surface area contributed by atoms with Gasteiger partial charge in [-0.2, -0.15) is 0 Å². The minimum Gasteiger partial charge on any atom is -0.440 e. The lowest BCUT2D eigenvalue weighted by Crippen LogP contribution is -2.40. The van der Waals surface area contributed by atoms with Crippen LogP contribution in [-0.4, -0.2) is 42.0 Å². The molecule has 2 fully saturated rings. The van der Waals surface area contributed by atoms with Gasteiger partial charge in [-0.3, -0.25) is 4.79 Å². The molecule has 2 aromatic rings. The van der Waals surface area contributed by atoms with Crippen molar-refractivity contribution in [3.63, 3.8) is 0 Å². The van der Waals surface area contributed by atoms with Gasteiger partial charge in [-0.1, -0.05) is 18.5 Å². The number of hydrogen-bond donors (Lipinski definition) is 1. The van der Waals surface area contributed by atoms with Crippen LogP contribution < -0.4 is 5.32 Å². The third-order valence-corrected chi connectivity index (χ3v) is 6.48. The van der Waals surface area contributed by atoms with Crippen LogP contribution in [0, 0.1) is 11.8 Å². The molecule has 2 saturated heterocycles. The maximum Gasteiger partial charge on any atom is 0.222 e. The first-order chi connectivity index (χ1) is 13.1. The van der Waals surface area contributed by atoms with Gasteiger partial charge in [0.1, 0.15) is 5.52 Å². The van der Waals surface area contributed by atoms with Gasteiger partial charge in [-0.25, -0.2) is 4.98 Å². The van der Waals surface area contributed by atoms with Gasteiger partial charge in [0.15, 0.2) is 11.5 Å². The van der Waals surface area contributed by atoms with E-state index in [1.165, 1.54) is 12.8 Å². The van der Waals surface area contributed by atoms with E-state index < -0.39 is 0 Å². The number of carbonyl (C=O) groups excluding carboxylic acids is 1. The fourth-order valence-electron chi connectivity index (χ4n) is 4.45. The van der Waals surface area contributed by atoms with Crippen LogP contribution in [-0.2, 0) is 4.79 Å². The minimum atomic E-state index is 0. The molecular weight excluding hydrogens is 433 g/mol. The van der Waals surface area contributed by atoms with Crippen LogP contribution in [0.1, 0.15) is 50.8 Å². The zero-order valence-corrected chi connectivity index (χ0v) is 19.1. The summed E-state index contributed by atoms with van der Waals surface area (Å²) in [7, 11) is 0. The molecule has 0 saturated carbocycles. The summed E-state index contributed by atoms with van der Waals surface area (Å²) in [6, 6.07) is 5.53. The molecule has 162 valence electrons. The van der Waals surface area contributed by atoms with E-state index in [9.17, 15) is 4.79 Å². The monoisotopic (exact) mass is 461 g/mol. The van der Waals surface area contributed by atoms with Crippen molar-refractivity contribution in [3.05, 3.63) is 29.1 Å². The van der Waals surface area contributed by atoms with Gasteiger partial charge in [0, 0.05) is 30.5 Å². The van der Waals surface area contributed by atoms with E-state index >= 15 is 0 Å². The number of rotatable bonds is 4. The van der Waals surface area contributed by atoms with Crippen molar-refractivity contribution in [2.75, 3.05) is 26.2 Å². The number of carbonyl (C=O) groups is 1. The van der Waals surface area contributed by atoms with Gasteiger partial charge in [-0.05, 0) is 68.8 Å². The summed E-state index contributed by atoms with van der Waals surface area (Å²) in [6.07, 6.45) is 4.88. The molecule has 1 aromatic heterocycles. The molecule has 3 heterocycles. The van der Waals surface area contributed by atoms with Crippen LogP contribution in [0.5, 0.6) is 0 Å². The Balaban J connectivity index is 0.00000150. The Bertz CT molecular complexity index is 800. The number of halogens is 3. The van der Waals surface area contributed by atoms with E-state index in [0.717, 1.165) is 56.0 Å². The Morgan fingerprint density at radius 3 is 2.62 bits per heavy atom. The maximum absolute atomic E-state index is 12.7. The molecule has 1 atom stereocenters. The van der Waals surface area contributed by atoms with E-state index in [2.05, 4.69) is 17.2 Å². The normalized spacial score (nSPS) is 19.4. The molecule has 5 nitrogen and oxygen atoms in total. The number of aromatic nitrogens is 1. The number of nitrogens with zero attached hydrogens (tertiary/aromatic N) is 2. The number of piperidine rings is 2. The summed E-state index contributed by atoms with van der Waals surface area (Å²) in [4.78, 5) is 19.4. The van der Waals surface area contributed by atoms with Gasteiger partial charge < -0.3 is 14.6 Å². The maximum atomic E-state index is 12.7. The molecule has 1 N–H and O–H groups in total. The van der Waals surface area contributed by atoms with Crippen molar-refractivity contribution in [1.29, 1.82) is 0 Å². The van der Waals surface area contributed by atoms with Gasteiger partial charge >= 0.3 is 0 Å². The van der Waals surface area contributed by atoms with Crippen molar-refractivity contribution < 1.29 is 9.21 Å². The number of hydrogen-bond acceptors (Lipinski definition) is 4. The second-order valence-electron chi connectivity index (χ2n) is 8.09. The lowest BCUT2D eigenvalue weighted by Gasteiger charge is -2.33. The summed E-state index contributed by atoms with van der Waals surface area (Å²) in [6.45, 7) is 6.00. The Kier molecular flexibility index (Phi) is 9.08. The fraction of sp³-hybridized carbons (Fsp3) is 0.619. The highest BCUT2D eigenvalue weighted by Gasteiger charge is 2.29. The summed E-state index contributed by atoms with van der Waals surface area (Å²) in [5, 5.41) is 4.07. The summed E-state index contributed by atoms with van der Waals surface area (Å²) in [5.41, 5.74) is 1.59. The predicted octanol–water partition coefficient (Wildman–Crippen LogP) is 5.06. The van der Waals surface area contributed by atoms with E-state index in [1.807, 2.05) is 23.1 Å². The number of benzene rings is 1. The Morgan fingerprint density at radius 1 is 1.24 bits per heavy atom. The van der Waals surface area contributed by atoms with Crippen LogP contribution in [0.3, 0.4) is 0 Å². The van der Waals surface area contributed by atoms with E-state index in [0.29, 0.717) is 29.2 Å². The predicted molar refractivity (Wildman–Crippen MR) is 121 cm³/mol. The Labute approximate surface area is 189 Å². The zero-order valence-electron chi connectivity index (χ0n) is 16.7. The quantitative estimate of drug-likeness (QED) is 0.690. The largest absolute Gasteiger partial charge is 0.440 e. The molecule has 1 amide bonds. The first-order valence-electron chi connectivity index (χ1n) is 10.1. The summed E-state index contributed by atoms with van der Waals surface area (Å²) < 4.78 is 5.92. The van der Waals surface area contributed by atoms with Crippen LogP contribution >= 0.6 is 36.4 Å². The van der Waals surface area contributed by atoms with Gasteiger partial charge in [-0.15, -0.1) is 24.8 Å². The highest BCUT2D eigenvalue weighted by Crippen LogP contribution is 2.32. The molecular formula is C21H30Cl3N3O2. The van der Waals surface area contributed by atoms with Gasteiger partial charge in [0.2, 0.25) is 5.91 Å². The molecule has 1 unspecified atom stereocenters. The number of amides is 1. The summed E-state index contributed by atoms with van der Waals surface area (Å²) >= 11 is 6.04. The molecule has 8 heteroatoms. The third kappa shape index (κ3) is 5.78. The van der Waals surface area contributed by atoms with Crippen molar-refractivity contribution in [2.45, 2.75) is 44.9 Å². The molecule has 0 aliphatic carbocycles. The van der Waals surface area contributed by atoms with E-state index in [-0.39, 0.29) is 30.7 Å². The van der Waals surface area contributed by atoms with Crippen molar-refractivity contribution in [1.82, 2.24) is 15.2 Å². The van der Waals surface area contributed by atoms with E-state index in [1.54, 1.807) is 0 Å². The van der Waals surface area contributed by atoms with Crippen LogP contribution in [0.15, 0.2) is 22.6 Å². The van der Waals surface area contributed by atoms with Crippen molar-refractivity contribution in [2.24, 2.45) is 11.8 Å². The lowest BCUT2D eigenvalue weighted by atomic mass is 9.83. The second kappa shape index (κ2) is 10.9. The molecule has 2 aliphatic heterocycles. The highest BCUT2D eigenvalue weighted by molar-refractivity contribution is 6.31. The molecule has 4 rings (SSSR count). The molecule has 1 aromatic carbocycles. The van der Waals surface area contributed by atoms with E-state index in [4.69, 9.17) is 16.0 Å². The molecule has 29 heavy (non-hydrogen) atoms. The number of nitrogens with one attached hydrogen (secondary N) is 1. The van der Waals surface area contributed by atoms with Crippen LogP contribution in [0.4, 0.5) is 0 Å². The second-order valence-corrected chi connectivity index (χ2v) is 8.52. The zero-order chi connectivity index (χ0) is 18.8. The minimum absolute atomic E-state index is 0. The van der Waals surface area contributed by atoms with Gasteiger partial charge in [0.05, 0.1) is 0 Å². The van der Waals surface area contributed by atoms with Crippen molar-refractivity contribution >= 4 is 53.4 Å². The van der Waals surface area contributed by atoms with Crippen molar-refractivity contribution in [3.8, 4) is 0 Å². The Morgan fingerprint density at radius 2 is 1.93 bits per heavy atom. The number of oxazole rings is 1. The third-order valence-electron chi connectivity index (χ3n) is 6.25. The van der Waals surface area contributed by atoms with Gasteiger partial charge in [0.25, 0.3) is 0 Å². The molecule has 2 aliphatic rings. The molecule has 0 radical (unpaired) electrons. The fourth-order valence-corrected chi connectivity index (χ4v) is 4.62.